The summed E-state index contributed by atoms with van der Waals surface area (Å²) in [6, 6.07) is 12.0. The Morgan fingerprint density at radius 2 is 1.46 bits per heavy atom. The fourth-order valence-electron chi connectivity index (χ4n) is 0.534. The zero-order valence-electron chi connectivity index (χ0n) is 9.04. The second-order valence-corrected chi connectivity index (χ2v) is 2.59. The lowest BCUT2D eigenvalue weighted by Crippen LogP contribution is -1.62. The van der Waals surface area contributed by atoms with Gasteiger partial charge in [-0.15, -0.1) is 0 Å². The maximum absolute atomic E-state index is 7.32. The Labute approximate surface area is 82.0 Å². The van der Waals surface area contributed by atoms with Crippen LogP contribution in [0.2, 0.25) is 0 Å². The average molecular weight is 177 g/mol. The van der Waals surface area contributed by atoms with E-state index in [0.717, 1.165) is 0 Å². The molecular weight excluding hydrogens is 158 g/mol. The molecule has 1 nitrogen and oxygen atoms in total. The van der Waals surface area contributed by atoms with Crippen LogP contribution in [0.5, 0.6) is 0 Å². The van der Waals surface area contributed by atoms with Gasteiger partial charge in [-0.1, -0.05) is 56.2 Å². The van der Waals surface area contributed by atoms with E-state index >= 15 is 0 Å². The highest BCUT2D eigenvalue weighted by atomic mass is 14.2. The van der Waals surface area contributed by atoms with E-state index in [9.17, 15) is 0 Å². The van der Waals surface area contributed by atoms with Gasteiger partial charge in [0.2, 0.25) is 0 Å². The van der Waals surface area contributed by atoms with Gasteiger partial charge in [0.15, 0.2) is 0 Å². The number of hydrogen-bond donors (Lipinski definition) is 0. The maximum Gasteiger partial charge on any atom is 0.0587 e. The van der Waals surface area contributed by atoms with Crippen LogP contribution in [0.1, 0.15) is 32.8 Å². The van der Waals surface area contributed by atoms with Crippen molar-refractivity contribution in [3.05, 3.63) is 35.9 Å². The fraction of sp³-hybridized carbons (Fsp3) is 0.417. The zero-order chi connectivity index (χ0) is 10.5. The molecule has 0 fully saturated rings. The summed E-state index contributed by atoms with van der Waals surface area (Å²) in [6.45, 7) is 7.76. The first-order valence-electron chi connectivity index (χ1n) is 4.55. The molecule has 0 spiro atoms. The second kappa shape index (κ2) is 13.3. The van der Waals surface area contributed by atoms with Crippen molar-refractivity contribution in [1.82, 2.24) is 0 Å². The van der Waals surface area contributed by atoms with E-state index in [1.807, 2.05) is 18.2 Å². The molecule has 0 aliphatic carbocycles. The summed E-state index contributed by atoms with van der Waals surface area (Å²) in [5, 5.41) is 7.32. The van der Waals surface area contributed by atoms with Crippen molar-refractivity contribution in [2.75, 3.05) is 0 Å². The molecule has 13 heavy (non-hydrogen) atoms. The van der Waals surface area contributed by atoms with Crippen LogP contribution >= 0.6 is 0 Å². The highest BCUT2D eigenvalue weighted by Crippen LogP contribution is 1.92. The first-order chi connectivity index (χ1) is 6.22. The Morgan fingerprint density at radius 3 is 1.62 bits per heavy atom. The third kappa shape index (κ3) is 18.0. The van der Waals surface area contributed by atoms with Gasteiger partial charge < -0.3 is 0 Å². The van der Waals surface area contributed by atoms with Crippen molar-refractivity contribution in [2.24, 2.45) is 0 Å². The van der Waals surface area contributed by atoms with Crippen LogP contribution in [0.4, 0.5) is 0 Å². The quantitative estimate of drug-likeness (QED) is 0.588. The molecule has 0 saturated carbocycles. The molecular formula is C12H19N. The molecule has 1 heteroatoms. The Kier molecular flexibility index (Phi) is 14.6. The van der Waals surface area contributed by atoms with Gasteiger partial charge in [-0.3, -0.25) is 0 Å². The fourth-order valence-corrected chi connectivity index (χ4v) is 0.534. The van der Waals surface area contributed by atoms with E-state index in [-0.39, 0.29) is 0 Å². The zero-order valence-corrected chi connectivity index (χ0v) is 9.04. The molecule has 0 atom stereocenters. The molecule has 0 aliphatic heterocycles. The summed E-state index contributed by atoms with van der Waals surface area (Å²) >= 11 is 0. The van der Waals surface area contributed by atoms with Crippen LogP contribution in [-0.4, -0.2) is 0 Å². The van der Waals surface area contributed by atoms with Crippen molar-refractivity contribution in [3.8, 4) is 6.07 Å². The molecule has 0 saturated heterocycles. The standard InChI is InChI=1S/C7H8.C3H8.C2H3N/c1-7-5-3-2-4-6-7;1-3-2;1-2-3/h2-6H,1H3;3H2,1-2H3;1H3. The topological polar surface area (TPSA) is 23.8 Å². The van der Waals surface area contributed by atoms with E-state index in [2.05, 4.69) is 32.9 Å². The third-order valence-electron chi connectivity index (χ3n) is 0.940. The summed E-state index contributed by atoms with van der Waals surface area (Å²) in [4.78, 5) is 0. The Morgan fingerprint density at radius 1 is 1.15 bits per heavy atom. The molecule has 72 valence electrons. The van der Waals surface area contributed by atoms with Crippen LogP contribution in [0.15, 0.2) is 30.3 Å². The molecule has 0 aliphatic rings. The summed E-state index contributed by atoms with van der Waals surface area (Å²) < 4.78 is 0. The highest BCUT2D eigenvalue weighted by molar-refractivity contribution is 5.11. The van der Waals surface area contributed by atoms with Gasteiger partial charge in [0.25, 0.3) is 0 Å². The van der Waals surface area contributed by atoms with Crippen LogP contribution in [-0.2, 0) is 0 Å². The van der Waals surface area contributed by atoms with E-state index in [0.29, 0.717) is 0 Å². The lowest BCUT2D eigenvalue weighted by atomic mass is 10.2. The van der Waals surface area contributed by atoms with E-state index in [1.54, 1.807) is 6.07 Å². The molecule has 0 radical (unpaired) electrons. The third-order valence-corrected chi connectivity index (χ3v) is 0.940. The van der Waals surface area contributed by atoms with Crippen molar-refractivity contribution in [1.29, 1.82) is 5.26 Å². The second-order valence-electron chi connectivity index (χ2n) is 2.59. The number of hydrogen-bond acceptors (Lipinski definition) is 1. The molecule has 0 bridgehead atoms. The monoisotopic (exact) mass is 177 g/mol. The summed E-state index contributed by atoms with van der Waals surface area (Å²) in [7, 11) is 0. The Hall–Kier alpha value is -1.29. The van der Waals surface area contributed by atoms with Gasteiger partial charge in [0, 0.05) is 6.92 Å². The number of rotatable bonds is 0. The highest BCUT2D eigenvalue weighted by Gasteiger charge is 1.72. The molecule has 0 amide bonds. The summed E-state index contributed by atoms with van der Waals surface area (Å²) in [5.41, 5.74) is 1.32. The Balaban J connectivity index is 0. The van der Waals surface area contributed by atoms with Crippen molar-refractivity contribution < 1.29 is 0 Å². The summed E-state index contributed by atoms with van der Waals surface area (Å²) in [6.07, 6.45) is 1.25. The number of nitriles is 1. The number of aryl methyl sites for hydroxylation is 1. The largest absolute Gasteiger partial charge is 0.199 e. The van der Waals surface area contributed by atoms with Gasteiger partial charge in [0.05, 0.1) is 6.07 Å². The van der Waals surface area contributed by atoms with Crippen LogP contribution in [0.3, 0.4) is 0 Å². The summed E-state index contributed by atoms with van der Waals surface area (Å²) in [5.74, 6) is 0. The van der Waals surface area contributed by atoms with Crippen LogP contribution in [0, 0.1) is 18.3 Å². The predicted molar refractivity (Wildman–Crippen MR) is 58.4 cm³/mol. The van der Waals surface area contributed by atoms with Gasteiger partial charge >= 0.3 is 0 Å². The molecule has 0 aromatic heterocycles. The van der Waals surface area contributed by atoms with Crippen LogP contribution in [0.25, 0.3) is 0 Å². The average Bonchev–Trinajstić information content (AvgIpc) is 2.08. The maximum atomic E-state index is 7.32. The van der Waals surface area contributed by atoms with E-state index in [1.165, 1.54) is 18.9 Å². The molecule has 1 aromatic carbocycles. The minimum atomic E-state index is 1.25. The number of nitrogens with zero attached hydrogens (tertiary/aromatic N) is 1. The first kappa shape index (κ1) is 14.2. The molecule has 0 heterocycles. The van der Waals surface area contributed by atoms with Gasteiger partial charge in [-0.25, -0.2) is 0 Å². The molecule has 1 rings (SSSR count). The normalized spacial score (nSPS) is 6.69. The van der Waals surface area contributed by atoms with Crippen molar-refractivity contribution in [3.63, 3.8) is 0 Å². The van der Waals surface area contributed by atoms with E-state index in [4.69, 9.17) is 5.26 Å². The minimum Gasteiger partial charge on any atom is -0.199 e. The van der Waals surface area contributed by atoms with Crippen LogP contribution < -0.4 is 0 Å². The van der Waals surface area contributed by atoms with Gasteiger partial charge in [-0.05, 0) is 6.92 Å². The first-order valence-corrected chi connectivity index (χ1v) is 4.55. The van der Waals surface area contributed by atoms with Gasteiger partial charge in [-0.2, -0.15) is 5.26 Å². The number of benzene rings is 1. The lowest BCUT2D eigenvalue weighted by molar-refractivity contribution is 1.09. The van der Waals surface area contributed by atoms with Crippen molar-refractivity contribution >= 4 is 0 Å². The smallest absolute Gasteiger partial charge is 0.0587 e. The van der Waals surface area contributed by atoms with E-state index < -0.39 is 0 Å². The minimum absolute atomic E-state index is 1.25. The molecule has 0 unspecified atom stereocenters. The van der Waals surface area contributed by atoms with Crippen molar-refractivity contribution in [2.45, 2.75) is 34.1 Å². The molecule has 0 N–H and O–H groups in total. The SMILES string of the molecule is CC#N.CCC.Cc1ccccc1. The molecule has 1 aromatic rings. The lowest BCUT2D eigenvalue weighted by Gasteiger charge is -1.82. The van der Waals surface area contributed by atoms with Gasteiger partial charge in [0.1, 0.15) is 0 Å². The Bertz CT molecular complexity index is 208. The predicted octanol–water partition coefficient (Wildman–Crippen LogP) is 3.94.